The van der Waals surface area contributed by atoms with Crippen LogP contribution in [0.3, 0.4) is 0 Å². The van der Waals surface area contributed by atoms with E-state index in [2.05, 4.69) is 31.2 Å². The molecule has 18 heavy (non-hydrogen) atoms. The van der Waals surface area contributed by atoms with E-state index in [1.54, 1.807) is 10.8 Å². The molecule has 0 aliphatic rings. The molecule has 0 aliphatic heterocycles. The highest BCUT2D eigenvalue weighted by molar-refractivity contribution is 9.10. The van der Waals surface area contributed by atoms with Gasteiger partial charge in [0.15, 0.2) is 0 Å². The lowest BCUT2D eigenvalue weighted by atomic mass is 10.2. The third kappa shape index (κ3) is 2.95. The smallest absolute Gasteiger partial charge is 0.267 e. The van der Waals surface area contributed by atoms with Crippen molar-refractivity contribution >= 4 is 21.7 Å². The number of nitrogens with zero attached hydrogens (tertiary/aromatic N) is 3. The first-order valence-corrected chi connectivity index (χ1v) is 6.38. The maximum absolute atomic E-state index is 11.8. The monoisotopic (exact) mass is 308 g/mol. The van der Waals surface area contributed by atoms with Gasteiger partial charge in [0, 0.05) is 18.9 Å². The van der Waals surface area contributed by atoms with Gasteiger partial charge in [-0.2, -0.15) is 0 Å². The summed E-state index contributed by atoms with van der Waals surface area (Å²) in [6.07, 6.45) is 4.75. The molecule has 1 N–H and O–H groups in total. The van der Waals surface area contributed by atoms with E-state index in [4.69, 9.17) is 0 Å². The standard InChI is InChI=1S/C12H13BrN4O/c1-2-15-11-5-9(3-4-16-11)7-17-8-14-6-10(13)12(17)18/h3-6,8H,2,7H2,1H3,(H,15,16). The van der Waals surface area contributed by atoms with E-state index >= 15 is 0 Å². The van der Waals surface area contributed by atoms with Crippen LogP contribution in [0.15, 0.2) is 40.1 Å². The van der Waals surface area contributed by atoms with Crippen molar-refractivity contribution in [3.63, 3.8) is 0 Å². The number of aromatic nitrogens is 3. The molecule has 2 rings (SSSR count). The van der Waals surface area contributed by atoms with E-state index in [0.29, 0.717) is 11.0 Å². The molecule has 0 radical (unpaired) electrons. The third-order valence-corrected chi connectivity index (χ3v) is 2.94. The summed E-state index contributed by atoms with van der Waals surface area (Å²) in [6, 6.07) is 3.81. The first-order valence-electron chi connectivity index (χ1n) is 5.59. The molecule has 0 saturated heterocycles. The van der Waals surface area contributed by atoms with Crippen molar-refractivity contribution in [1.82, 2.24) is 14.5 Å². The van der Waals surface area contributed by atoms with Gasteiger partial charge in [-0.15, -0.1) is 0 Å². The minimum absolute atomic E-state index is 0.0909. The zero-order valence-corrected chi connectivity index (χ0v) is 11.5. The number of nitrogens with one attached hydrogen (secondary N) is 1. The first kappa shape index (κ1) is 12.8. The van der Waals surface area contributed by atoms with Crippen LogP contribution in [0.25, 0.3) is 0 Å². The fourth-order valence-electron chi connectivity index (χ4n) is 1.58. The van der Waals surface area contributed by atoms with Crippen molar-refractivity contribution in [1.29, 1.82) is 0 Å². The second-order valence-corrected chi connectivity index (χ2v) is 4.61. The molecule has 2 heterocycles. The molecule has 5 nitrogen and oxygen atoms in total. The van der Waals surface area contributed by atoms with Gasteiger partial charge in [-0.1, -0.05) is 0 Å². The van der Waals surface area contributed by atoms with Crippen molar-refractivity contribution in [2.75, 3.05) is 11.9 Å². The number of pyridine rings is 1. The predicted octanol–water partition coefficient (Wildman–Crippen LogP) is 1.88. The molecule has 0 spiro atoms. The predicted molar refractivity (Wildman–Crippen MR) is 73.7 cm³/mol. The van der Waals surface area contributed by atoms with Gasteiger partial charge in [0.1, 0.15) is 10.3 Å². The van der Waals surface area contributed by atoms with Crippen molar-refractivity contribution in [3.05, 3.63) is 51.2 Å². The molecular formula is C12H13BrN4O. The topological polar surface area (TPSA) is 59.8 Å². The van der Waals surface area contributed by atoms with Crippen LogP contribution in [-0.4, -0.2) is 21.1 Å². The molecule has 0 atom stereocenters. The molecule has 2 aromatic rings. The van der Waals surface area contributed by atoms with Crippen LogP contribution in [0.5, 0.6) is 0 Å². The van der Waals surface area contributed by atoms with E-state index in [1.807, 2.05) is 19.1 Å². The average molecular weight is 309 g/mol. The van der Waals surface area contributed by atoms with Crippen LogP contribution >= 0.6 is 15.9 Å². The number of rotatable bonds is 4. The van der Waals surface area contributed by atoms with E-state index < -0.39 is 0 Å². The normalized spacial score (nSPS) is 10.3. The highest BCUT2D eigenvalue weighted by Crippen LogP contribution is 2.08. The molecule has 0 aromatic carbocycles. The Morgan fingerprint density at radius 1 is 1.50 bits per heavy atom. The Kier molecular flexibility index (Phi) is 4.09. The van der Waals surface area contributed by atoms with Crippen molar-refractivity contribution in [3.8, 4) is 0 Å². The molecule has 94 valence electrons. The number of anilines is 1. The molecule has 6 heteroatoms. The minimum atomic E-state index is -0.0909. The van der Waals surface area contributed by atoms with Crippen molar-refractivity contribution in [2.45, 2.75) is 13.5 Å². The molecule has 0 saturated carbocycles. The van der Waals surface area contributed by atoms with Gasteiger partial charge >= 0.3 is 0 Å². The van der Waals surface area contributed by atoms with Gasteiger partial charge in [-0.25, -0.2) is 9.97 Å². The van der Waals surface area contributed by atoms with Crippen LogP contribution in [-0.2, 0) is 6.54 Å². The van der Waals surface area contributed by atoms with Crippen LogP contribution in [0.4, 0.5) is 5.82 Å². The van der Waals surface area contributed by atoms with E-state index in [1.165, 1.54) is 12.5 Å². The lowest BCUT2D eigenvalue weighted by Gasteiger charge is -2.07. The molecule has 0 bridgehead atoms. The number of hydrogen-bond acceptors (Lipinski definition) is 4. The first-order chi connectivity index (χ1) is 8.70. The molecule has 0 fully saturated rings. The summed E-state index contributed by atoms with van der Waals surface area (Å²) in [4.78, 5) is 20.0. The maximum Gasteiger partial charge on any atom is 0.267 e. The van der Waals surface area contributed by atoms with Crippen molar-refractivity contribution in [2.24, 2.45) is 0 Å². The van der Waals surface area contributed by atoms with Crippen LogP contribution in [0.1, 0.15) is 12.5 Å². The quantitative estimate of drug-likeness (QED) is 0.937. The number of halogens is 1. The van der Waals surface area contributed by atoms with E-state index in [-0.39, 0.29) is 5.56 Å². The molecule has 0 unspecified atom stereocenters. The summed E-state index contributed by atoms with van der Waals surface area (Å²) in [5.41, 5.74) is 0.912. The summed E-state index contributed by atoms with van der Waals surface area (Å²) in [7, 11) is 0. The summed E-state index contributed by atoms with van der Waals surface area (Å²) in [6.45, 7) is 3.30. The fraction of sp³-hybridized carbons (Fsp3) is 0.250. The van der Waals surface area contributed by atoms with E-state index in [0.717, 1.165) is 17.9 Å². The van der Waals surface area contributed by atoms with Gasteiger partial charge in [-0.3, -0.25) is 9.36 Å². The number of hydrogen-bond donors (Lipinski definition) is 1. The summed E-state index contributed by atoms with van der Waals surface area (Å²) in [5, 5.41) is 3.14. The van der Waals surface area contributed by atoms with Gasteiger partial charge in [0.05, 0.1) is 12.9 Å². The Balaban J connectivity index is 2.26. The second kappa shape index (κ2) is 5.77. The fourth-order valence-corrected chi connectivity index (χ4v) is 1.93. The SMILES string of the molecule is CCNc1cc(Cn2cncc(Br)c2=O)ccn1. The third-order valence-electron chi connectivity index (χ3n) is 2.39. The zero-order chi connectivity index (χ0) is 13.0. The lowest BCUT2D eigenvalue weighted by molar-refractivity contribution is 0.730. The molecule has 0 amide bonds. The van der Waals surface area contributed by atoms with Crippen LogP contribution in [0, 0.1) is 0 Å². The van der Waals surface area contributed by atoms with E-state index in [9.17, 15) is 4.79 Å². The van der Waals surface area contributed by atoms with Gasteiger partial charge in [-0.05, 0) is 40.5 Å². The lowest BCUT2D eigenvalue weighted by Crippen LogP contribution is -2.21. The van der Waals surface area contributed by atoms with Crippen molar-refractivity contribution < 1.29 is 0 Å². The maximum atomic E-state index is 11.8. The molecular weight excluding hydrogens is 296 g/mol. The Morgan fingerprint density at radius 3 is 3.11 bits per heavy atom. The zero-order valence-electron chi connectivity index (χ0n) is 9.93. The molecule has 0 aliphatic carbocycles. The summed E-state index contributed by atoms with van der Waals surface area (Å²) in [5.74, 6) is 0.811. The Bertz CT molecular complexity index is 597. The Morgan fingerprint density at radius 2 is 2.33 bits per heavy atom. The van der Waals surface area contributed by atoms with Gasteiger partial charge < -0.3 is 5.32 Å². The molecule has 2 aromatic heterocycles. The van der Waals surface area contributed by atoms with Gasteiger partial charge in [0.25, 0.3) is 5.56 Å². The van der Waals surface area contributed by atoms with Crippen LogP contribution < -0.4 is 10.9 Å². The van der Waals surface area contributed by atoms with Gasteiger partial charge in [0.2, 0.25) is 0 Å². The average Bonchev–Trinajstić information content (AvgIpc) is 2.36. The van der Waals surface area contributed by atoms with Crippen LogP contribution in [0.2, 0.25) is 0 Å². The second-order valence-electron chi connectivity index (χ2n) is 3.75. The largest absolute Gasteiger partial charge is 0.370 e. The summed E-state index contributed by atoms with van der Waals surface area (Å²) >= 11 is 3.18. The Hall–Kier alpha value is -1.69. The Labute approximate surface area is 113 Å². The highest BCUT2D eigenvalue weighted by Gasteiger charge is 2.03. The highest BCUT2D eigenvalue weighted by atomic mass is 79.9. The minimum Gasteiger partial charge on any atom is -0.370 e. The summed E-state index contributed by atoms with van der Waals surface area (Å²) < 4.78 is 2.01.